The summed E-state index contributed by atoms with van der Waals surface area (Å²) in [5.41, 5.74) is -1.81. The van der Waals surface area contributed by atoms with Gasteiger partial charge in [-0.2, -0.15) is 0 Å². The summed E-state index contributed by atoms with van der Waals surface area (Å²) >= 11 is 1.91. The first-order valence-electron chi connectivity index (χ1n) is 10.1. The Labute approximate surface area is 202 Å². The fourth-order valence-corrected chi connectivity index (χ4v) is 4.02. The average Bonchev–Trinajstić information content (AvgIpc) is 2.69. The Balaban J connectivity index is 1.82. The summed E-state index contributed by atoms with van der Waals surface area (Å²) in [6.45, 7) is 3.31. The molecule has 11 heteroatoms. The number of rotatable bonds is 8. The van der Waals surface area contributed by atoms with E-state index in [0.29, 0.717) is 3.57 Å². The standard InChI is InChI=1S/C22H23F3IN3O4/c1-12(30)8-27-9-22(33-13(2)31)10-29(11-22)21(32)15-4-5-16(23)19(25)20(15)28-18-6-3-14(26)7-17(18)24/h3-7,12,27-28,30H,8-11H2,1-2H3. The van der Waals surface area contributed by atoms with E-state index in [0.717, 1.165) is 12.1 Å². The minimum atomic E-state index is -1.32. The highest BCUT2D eigenvalue weighted by atomic mass is 127. The van der Waals surface area contributed by atoms with E-state index in [4.69, 9.17) is 4.74 Å². The molecule has 33 heavy (non-hydrogen) atoms. The van der Waals surface area contributed by atoms with Crippen LogP contribution in [-0.2, 0) is 9.53 Å². The summed E-state index contributed by atoms with van der Waals surface area (Å²) in [6, 6.07) is 6.09. The van der Waals surface area contributed by atoms with Crippen molar-refractivity contribution in [1.82, 2.24) is 10.2 Å². The number of hydrogen-bond acceptors (Lipinski definition) is 6. The molecule has 2 aromatic carbocycles. The Morgan fingerprint density at radius 3 is 2.52 bits per heavy atom. The van der Waals surface area contributed by atoms with Crippen molar-refractivity contribution < 1.29 is 32.6 Å². The molecule has 0 bridgehead atoms. The van der Waals surface area contributed by atoms with Crippen molar-refractivity contribution in [2.24, 2.45) is 0 Å². The molecule has 1 saturated heterocycles. The average molecular weight is 577 g/mol. The van der Waals surface area contributed by atoms with E-state index in [1.165, 1.54) is 24.0 Å². The SMILES string of the molecule is CC(=O)OC1(CNCC(C)O)CN(C(=O)c2ccc(F)c(F)c2Nc2ccc(I)cc2F)C1. The maximum Gasteiger partial charge on any atom is 0.303 e. The quantitative estimate of drug-likeness (QED) is 0.330. The molecule has 7 nitrogen and oxygen atoms in total. The smallest absolute Gasteiger partial charge is 0.303 e. The molecule has 0 saturated carbocycles. The third-order valence-electron chi connectivity index (χ3n) is 5.01. The Hall–Kier alpha value is -2.38. The Morgan fingerprint density at radius 2 is 1.91 bits per heavy atom. The molecule has 1 heterocycles. The van der Waals surface area contributed by atoms with Gasteiger partial charge in [0, 0.05) is 23.6 Å². The van der Waals surface area contributed by atoms with E-state index in [-0.39, 0.29) is 37.4 Å². The van der Waals surface area contributed by atoms with Crippen LogP contribution in [0.15, 0.2) is 30.3 Å². The van der Waals surface area contributed by atoms with Gasteiger partial charge < -0.3 is 25.4 Å². The van der Waals surface area contributed by atoms with Crippen molar-refractivity contribution in [3.8, 4) is 0 Å². The second kappa shape index (κ2) is 10.3. The molecule has 3 rings (SSSR count). The van der Waals surface area contributed by atoms with Gasteiger partial charge in [0.15, 0.2) is 17.2 Å². The van der Waals surface area contributed by atoms with Crippen molar-refractivity contribution in [2.45, 2.75) is 25.6 Å². The lowest BCUT2D eigenvalue weighted by molar-refractivity contribution is -0.172. The topological polar surface area (TPSA) is 90.9 Å². The molecule has 3 N–H and O–H groups in total. The van der Waals surface area contributed by atoms with Gasteiger partial charge in [0.2, 0.25) is 0 Å². The predicted molar refractivity (Wildman–Crippen MR) is 124 cm³/mol. The molecule has 1 unspecified atom stereocenters. The molecule has 0 radical (unpaired) electrons. The lowest BCUT2D eigenvalue weighted by Gasteiger charge is -2.49. The zero-order chi connectivity index (χ0) is 24.3. The molecule has 1 atom stereocenters. The van der Waals surface area contributed by atoms with Crippen LogP contribution in [0.1, 0.15) is 24.2 Å². The van der Waals surface area contributed by atoms with Crippen molar-refractivity contribution in [1.29, 1.82) is 0 Å². The van der Waals surface area contributed by atoms with E-state index in [2.05, 4.69) is 10.6 Å². The van der Waals surface area contributed by atoms with Crippen molar-refractivity contribution in [3.05, 3.63) is 56.9 Å². The number of likely N-dealkylation sites (tertiary alicyclic amines) is 1. The molecule has 1 amide bonds. The Kier molecular flexibility index (Phi) is 7.85. The van der Waals surface area contributed by atoms with E-state index in [1.54, 1.807) is 13.0 Å². The van der Waals surface area contributed by atoms with Crippen molar-refractivity contribution in [2.75, 3.05) is 31.5 Å². The van der Waals surface area contributed by atoms with Gasteiger partial charge in [0.1, 0.15) is 5.82 Å². The molecule has 0 aromatic heterocycles. The third-order valence-corrected chi connectivity index (χ3v) is 5.68. The van der Waals surface area contributed by atoms with Gasteiger partial charge in [-0.25, -0.2) is 13.2 Å². The first-order chi connectivity index (χ1) is 15.5. The number of carbonyl (C=O) groups excluding carboxylic acids is 2. The Bertz CT molecular complexity index is 1060. The van der Waals surface area contributed by atoms with Crippen LogP contribution in [-0.4, -0.2) is 59.8 Å². The number of aliphatic hydroxyl groups excluding tert-OH is 1. The predicted octanol–water partition coefficient (Wildman–Crippen LogP) is 3.18. The third kappa shape index (κ3) is 5.95. The van der Waals surface area contributed by atoms with Crippen LogP contribution < -0.4 is 10.6 Å². The fourth-order valence-electron chi connectivity index (χ4n) is 3.57. The molecule has 1 aliphatic heterocycles. The van der Waals surface area contributed by atoms with Gasteiger partial charge in [-0.1, -0.05) is 0 Å². The van der Waals surface area contributed by atoms with Crippen LogP contribution >= 0.6 is 22.6 Å². The number of ether oxygens (including phenoxy) is 1. The second-order valence-corrected chi connectivity index (χ2v) is 9.20. The monoisotopic (exact) mass is 577 g/mol. The zero-order valence-corrected chi connectivity index (χ0v) is 20.1. The minimum absolute atomic E-state index is 0.00848. The summed E-state index contributed by atoms with van der Waals surface area (Å²) < 4.78 is 48.9. The number of nitrogens with zero attached hydrogens (tertiary/aromatic N) is 1. The normalized spacial score (nSPS) is 15.5. The summed E-state index contributed by atoms with van der Waals surface area (Å²) in [6.07, 6.45) is -0.616. The number of esters is 1. The number of halogens is 4. The second-order valence-electron chi connectivity index (χ2n) is 7.95. The van der Waals surface area contributed by atoms with Crippen LogP contribution in [0.25, 0.3) is 0 Å². The number of carbonyl (C=O) groups is 2. The van der Waals surface area contributed by atoms with Crippen LogP contribution in [0.2, 0.25) is 0 Å². The zero-order valence-electron chi connectivity index (χ0n) is 17.9. The summed E-state index contributed by atoms with van der Waals surface area (Å²) in [5, 5.41) is 14.9. The molecular formula is C22H23F3IN3O4. The summed E-state index contributed by atoms with van der Waals surface area (Å²) in [7, 11) is 0. The van der Waals surface area contributed by atoms with Crippen LogP contribution in [0.4, 0.5) is 24.5 Å². The first kappa shape index (κ1) is 25.2. The maximum absolute atomic E-state index is 14.6. The highest BCUT2D eigenvalue weighted by molar-refractivity contribution is 14.1. The Morgan fingerprint density at radius 1 is 1.21 bits per heavy atom. The van der Waals surface area contributed by atoms with E-state index in [1.807, 2.05) is 22.6 Å². The molecule has 0 aliphatic carbocycles. The molecule has 1 fully saturated rings. The largest absolute Gasteiger partial charge is 0.454 e. The molecule has 2 aromatic rings. The van der Waals surface area contributed by atoms with E-state index < -0.39 is 46.7 Å². The van der Waals surface area contributed by atoms with Gasteiger partial charge in [0.05, 0.1) is 36.1 Å². The number of anilines is 2. The molecule has 178 valence electrons. The lowest BCUT2D eigenvalue weighted by atomic mass is 9.92. The van der Waals surface area contributed by atoms with Gasteiger partial charge in [0.25, 0.3) is 5.91 Å². The van der Waals surface area contributed by atoms with Crippen LogP contribution in [0.3, 0.4) is 0 Å². The van der Waals surface area contributed by atoms with Crippen LogP contribution in [0, 0.1) is 21.0 Å². The number of aliphatic hydroxyl groups is 1. The van der Waals surface area contributed by atoms with Gasteiger partial charge in [-0.05, 0) is 59.8 Å². The first-order valence-corrected chi connectivity index (χ1v) is 11.2. The van der Waals surface area contributed by atoms with Gasteiger partial charge >= 0.3 is 5.97 Å². The highest BCUT2D eigenvalue weighted by Gasteiger charge is 2.48. The minimum Gasteiger partial charge on any atom is -0.454 e. The summed E-state index contributed by atoms with van der Waals surface area (Å²) in [4.78, 5) is 26.0. The lowest BCUT2D eigenvalue weighted by Crippen LogP contribution is -2.69. The number of hydrogen-bond donors (Lipinski definition) is 3. The number of amides is 1. The van der Waals surface area contributed by atoms with Crippen molar-refractivity contribution in [3.63, 3.8) is 0 Å². The number of benzene rings is 2. The molecular weight excluding hydrogens is 554 g/mol. The van der Waals surface area contributed by atoms with Crippen molar-refractivity contribution >= 4 is 45.8 Å². The van der Waals surface area contributed by atoms with Gasteiger partial charge in [-0.3, -0.25) is 9.59 Å². The van der Waals surface area contributed by atoms with Crippen LogP contribution in [0.5, 0.6) is 0 Å². The van der Waals surface area contributed by atoms with E-state index in [9.17, 15) is 27.9 Å². The van der Waals surface area contributed by atoms with Gasteiger partial charge in [-0.15, -0.1) is 0 Å². The number of nitrogens with one attached hydrogen (secondary N) is 2. The maximum atomic E-state index is 14.6. The summed E-state index contributed by atoms with van der Waals surface area (Å²) in [5.74, 6) is -4.37. The molecule has 1 aliphatic rings. The molecule has 0 spiro atoms. The van der Waals surface area contributed by atoms with E-state index >= 15 is 0 Å². The highest BCUT2D eigenvalue weighted by Crippen LogP contribution is 2.32. The fraction of sp³-hybridized carbons (Fsp3) is 0.364.